The van der Waals surface area contributed by atoms with Gasteiger partial charge in [-0.15, -0.1) is 5.53 Å². The van der Waals surface area contributed by atoms with E-state index >= 15 is 0 Å². The highest BCUT2D eigenvalue weighted by Gasteiger charge is 2.27. The molecule has 0 fully saturated rings. The van der Waals surface area contributed by atoms with Crippen LogP contribution >= 0.6 is 0 Å². The predicted molar refractivity (Wildman–Crippen MR) is 31.3 cm³/mol. The van der Waals surface area contributed by atoms with Gasteiger partial charge in [-0.25, -0.2) is 15.0 Å². The molecular formula is C3H4N4O4. The second kappa shape index (κ2) is 3.96. The number of aliphatic carboxylic acids is 2. The zero-order valence-corrected chi connectivity index (χ0v) is 5.13. The maximum atomic E-state index is 10.0. The molecule has 8 heteroatoms. The molecule has 0 bridgehead atoms. The number of rotatable bonds is 4. The molecule has 8 nitrogen and oxygen atoms in total. The summed E-state index contributed by atoms with van der Waals surface area (Å²) in [4.78, 5) is 22.2. The summed E-state index contributed by atoms with van der Waals surface area (Å²) in [6.45, 7) is 0. The third-order valence-electron chi connectivity index (χ3n) is 0.725. The third kappa shape index (κ3) is 2.92. The molecule has 3 N–H and O–H groups in total. The largest absolute Gasteiger partial charge is 0.478 e. The number of azide groups is 1. The van der Waals surface area contributed by atoms with E-state index in [9.17, 15) is 9.59 Å². The molecule has 0 heterocycles. The minimum atomic E-state index is -1.90. The summed E-state index contributed by atoms with van der Waals surface area (Å²) in [7, 11) is 0. The lowest BCUT2D eigenvalue weighted by Crippen LogP contribution is -2.40. The van der Waals surface area contributed by atoms with Gasteiger partial charge in [0, 0.05) is 0 Å². The average molecular weight is 160 g/mol. The van der Waals surface area contributed by atoms with Gasteiger partial charge in [-0.1, -0.05) is 0 Å². The topological polar surface area (TPSA) is 135 Å². The Morgan fingerprint density at radius 3 is 2.18 bits per heavy atom. The zero-order valence-electron chi connectivity index (χ0n) is 5.13. The molecule has 0 saturated heterocycles. The van der Waals surface area contributed by atoms with Crippen LogP contribution in [0.1, 0.15) is 0 Å². The summed E-state index contributed by atoms with van der Waals surface area (Å²) in [5.41, 5.74) is 9.27. The SMILES string of the molecule is [N-]=[N+]=NNC(C(=O)O)C(=O)O. The van der Waals surface area contributed by atoms with Crippen molar-refractivity contribution in [2.75, 3.05) is 0 Å². The van der Waals surface area contributed by atoms with Gasteiger partial charge in [0.05, 0.1) is 0 Å². The van der Waals surface area contributed by atoms with Gasteiger partial charge in [-0.05, 0) is 5.22 Å². The molecule has 0 unspecified atom stereocenters. The molecule has 0 atom stereocenters. The number of nitrogens with one attached hydrogen (secondary N) is 1. The van der Waals surface area contributed by atoms with Gasteiger partial charge in [0.25, 0.3) is 6.04 Å². The second-order valence-corrected chi connectivity index (χ2v) is 1.43. The van der Waals surface area contributed by atoms with Crippen LogP contribution in [0.3, 0.4) is 0 Å². The maximum Gasteiger partial charge on any atom is 0.361 e. The van der Waals surface area contributed by atoms with E-state index < -0.39 is 18.0 Å². The minimum absolute atomic E-state index is 1.58. The van der Waals surface area contributed by atoms with Crippen molar-refractivity contribution in [3.05, 3.63) is 10.4 Å². The maximum absolute atomic E-state index is 10.0. The van der Waals surface area contributed by atoms with Gasteiger partial charge in [-0.2, -0.15) is 4.91 Å². The molecule has 60 valence electrons. The Morgan fingerprint density at radius 1 is 1.45 bits per heavy atom. The summed E-state index contributed by atoms with van der Waals surface area (Å²) in [5, 5.41) is 18.9. The van der Waals surface area contributed by atoms with E-state index in [1.54, 1.807) is 5.43 Å². The summed E-state index contributed by atoms with van der Waals surface area (Å²) >= 11 is 0. The Bertz CT molecular complexity index is 205. The Hall–Kier alpha value is -1.95. The fourth-order valence-corrected chi connectivity index (χ4v) is 0.300. The second-order valence-electron chi connectivity index (χ2n) is 1.43. The van der Waals surface area contributed by atoms with Crippen molar-refractivity contribution in [3.8, 4) is 0 Å². The van der Waals surface area contributed by atoms with Gasteiger partial charge in [-0.3, -0.25) is 0 Å². The van der Waals surface area contributed by atoms with Crippen LogP contribution in [-0.4, -0.2) is 28.2 Å². The van der Waals surface area contributed by atoms with E-state index in [0.29, 0.717) is 0 Å². The molecule has 0 aromatic carbocycles. The quantitative estimate of drug-likeness (QED) is 0.165. The van der Waals surface area contributed by atoms with Crippen LogP contribution < -0.4 is 5.43 Å². The highest BCUT2D eigenvalue weighted by molar-refractivity contribution is 5.97. The van der Waals surface area contributed by atoms with Crippen molar-refractivity contribution in [1.82, 2.24) is 5.43 Å². The molecule has 0 aliphatic rings. The lowest BCUT2D eigenvalue weighted by Gasteiger charge is -1.99. The molecule has 11 heavy (non-hydrogen) atoms. The highest BCUT2D eigenvalue weighted by atomic mass is 16.4. The number of hydrogen-bond acceptors (Lipinski definition) is 3. The Kier molecular flexibility index (Phi) is 3.26. The van der Waals surface area contributed by atoms with Crippen molar-refractivity contribution >= 4 is 11.9 Å². The average Bonchev–Trinajstić information content (AvgIpc) is 1.87. The molecule has 0 aliphatic heterocycles. The summed E-state index contributed by atoms with van der Waals surface area (Å²) in [5.74, 6) is -3.24. The number of hydrogen-bond donors (Lipinski definition) is 3. The molecule has 0 aromatic rings. The number of nitrogens with zero attached hydrogens (tertiary/aromatic N) is 3. The van der Waals surface area contributed by atoms with Gasteiger partial charge < -0.3 is 10.2 Å². The van der Waals surface area contributed by atoms with Crippen LogP contribution in [0.25, 0.3) is 10.4 Å². The summed E-state index contributed by atoms with van der Waals surface area (Å²) in [6, 6.07) is -1.90. The van der Waals surface area contributed by atoms with Crippen molar-refractivity contribution in [2.24, 2.45) is 5.22 Å². The van der Waals surface area contributed by atoms with Crippen LogP contribution in [-0.2, 0) is 9.59 Å². The smallest absolute Gasteiger partial charge is 0.361 e. The molecule has 0 spiro atoms. The van der Waals surface area contributed by atoms with Crippen LogP contribution in [0.2, 0.25) is 0 Å². The molecule has 0 amide bonds. The summed E-state index contributed by atoms with van der Waals surface area (Å²) in [6.07, 6.45) is 0. The zero-order chi connectivity index (χ0) is 8.85. The van der Waals surface area contributed by atoms with E-state index in [-0.39, 0.29) is 0 Å². The van der Waals surface area contributed by atoms with E-state index in [4.69, 9.17) is 15.7 Å². The number of carbonyl (C=O) groups is 2. The fraction of sp³-hybridized carbons (Fsp3) is 0.333. The van der Waals surface area contributed by atoms with Gasteiger partial charge in [0.15, 0.2) is 0 Å². The van der Waals surface area contributed by atoms with Crippen LogP contribution in [0.4, 0.5) is 0 Å². The van der Waals surface area contributed by atoms with Crippen LogP contribution in [0.5, 0.6) is 0 Å². The molecule has 0 saturated carbocycles. The highest BCUT2D eigenvalue weighted by Crippen LogP contribution is 1.83. The monoisotopic (exact) mass is 160 g/mol. The van der Waals surface area contributed by atoms with Crippen LogP contribution in [0.15, 0.2) is 5.22 Å². The Morgan fingerprint density at radius 2 is 1.91 bits per heavy atom. The predicted octanol–water partition coefficient (Wildman–Crippen LogP) is -0.661. The lowest BCUT2D eigenvalue weighted by atomic mass is 10.3. The van der Waals surface area contributed by atoms with Crippen molar-refractivity contribution in [3.63, 3.8) is 0 Å². The summed E-state index contributed by atoms with van der Waals surface area (Å²) < 4.78 is 0. The van der Waals surface area contributed by atoms with Crippen LogP contribution in [0, 0.1) is 0 Å². The first kappa shape index (κ1) is 9.05. The lowest BCUT2D eigenvalue weighted by molar-refractivity contribution is -0.151. The Labute approximate surface area is 60.0 Å². The molecule has 0 aromatic heterocycles. The van der Waals surface area contributed by atoms with E-state index in [2.05, 4.69) is 10.1 Å². The van der Waals surface area contributed by atoms with Gasteiger partial charge in [0.1, 0.15) is 0 Å². The molecule has 0 aliphatic carbocycles. The van der Waals surface area contributed by atoms with E-state index in [0.717, 1.165) is 0 Å². The fourth-order valence-electron chi connectivity index (χ4n) is 0.300. The van der Waals surface area contributed by atoms with Crippen molar-refractivity contribution in [1.29, 1.82) is 0 Å². The van der Waals surface area contributed by atoms with E-state index in [1.807, 2.05) is 0 Å². The number of carboxylic acids is 2. The molecule has 0 radical (unpaired) electrons. The standard InChI is InChI=1S/C3H4N4O4/c4-6-7-5-1(2(8)9)3(10)11/h1,5H,(H,8,9)(H,10,11). The van der Waals surface area contributed by atoms with Crippen molar-refractivity contribution in [2.45, 2.75) is 6.04 Å². The molecule has 0 rings (SSSR count). The first-order chi connectivity index (χ1) is 5.09. The Balaban J connectivity index is 4.22. The number of carboxylic acid groups (broad SMARTS) is 2. The third-order valence-corrected chi connectivity index (χ3v) is 0.725. The minimum Gasteiger partial charge on any atom is -0.478 e. The van der Waals surface area contributed by atoms with E-state index in [1.165, 1.54) is 0 Å². The van der Waals surface area contributed by atoms with Gasteiger partial charge in [0.2, 0.25) is 0 Å². The first-order valence-corrected chi connectivity index (χ1v) is 2.35. The van der Waals surface area contributed by atoms with Gasteiger partial charge >= 0.3 is 11.9 Å². The normalized spacial score (nSPS) is 8.45. The van der Waals surface area contributed by atoms with Crippen molar-refractivity contribution < 1.29 is 19.8 Å². The first-order valence-electron chi connectivity index (χ1n) is 2.35. The molecular weight excluding hydrogens is 156 g/mol.